The van der Waals surface area contributed by atoms with E-state index < -0.39 is 0 Å². The predicted octanol–water partition coefficient (Wildman–Crippen LogP) is 2.97. The van der Waals surface area contributed by atoms with Crippen LogP contribution in [-0.4, -0.2) is 29.9 Å². The van der Waals surface area contributed by atoms with Crippen molar-refractivity contribution in [1.29, 1.82) is 0 Å². The number of rotatable bonds is 2. The van der Waals surface area contributed by atoms with Crippen LogP contribution < -0.4 is 5.32 Å². The first-order valence-electron chi connectivity index (χ1n) is 8.34. The zero-order valence-corrected chi connectivity index (χ0v) is 13.5. The van der Waals surface area contributed by atoms with Gasteiger partial charge >= 0.3 is 0 Å². The highest BCUT2D eigenvalue weighted by Crippen LogP contribution is 2.49. The van der Waals surface area contributed by atoms with Crippen molar-refractivity contribution in [1.82, 2.24) is 10.2 Å². The van der Waals surface area contributed by atoms with E-state index in [-0.39, 0.29) is 5.92 Å². The van der Waals surface area contributed by atoms with Gasteiger partial charge in [-0.25, -0.2) is 0 Å². The summed E-state index contributed by atoms with van der Waals surface area (Å²) in [6.07, 6.45) is 5.66. The highest BCUT2D eigenvalue weighted by Gasteiger charge is 2.43. The molecule has 2 fully saturated rings. The van der Waals surface area contributed by atoms with Gasteiger partial charge in [-0.3, -0.25) is 4.79 Å². The summed E-state index contributed by atoms with van der Waals surface area (Å²) in [5, 5.41) is 5.67. The number of nitrogens with zero attached hydrogens (tertiary/aromatic N) is 1. The normalized spacial score (nSPS) is 32.8. The molecule has 1 aromatic heterocycles. The van der Waals surface area contributed by atoms with E-state index in [1.54, 1.807) is 0 Å². The highest BCUT2D eigenvalue weighted by molar-refractivity contribution is 7.10. The topological polar surface area (TPSA) is 32.3 Å². The molecule has 1 N–H and O–H groups in total. The molecule has 0 radical (unpaired) electrons. The van der Waals surface area contributed by atoms with Gasteiger partial charge in [-0.15, -0.1) is 11.3 Å². The Balaban J connectivity index is 1.57. The van der Waals surface area contributed by atoms with Crippen LogP contribution in [0.15, 0.2) is 11.4 Å². The number of carbonyl (C=O) groups excluding carboxylic acids is 1. The molecule has 0 aromatic carbocycles. The molecule has 3 nitrogen and oxygen atoms in total. The third-order valence-corrected chi connectivity index (χ3v) is 6.34. The Bertz CT molecular complexity index is 537. The van der Waals surface area contributed by atoms with E-state index in [1.165, 1.54) is 23.3 Å². The summed E-state index contributed by atoms with van der Waals surface area (Å²) in [6, 6.07) is 3.14. The molecule has 4 heteroatoms. The molecule has 4 rings (SSSR count). The largest absolute Gasteiger partial charge is 0.335 e. The van der Waals surface area contributed by atoms with Gasteiger partial charge in [0, 0.05) is 23.4 Å². The fourth-order valence-electron chi connectivity index (χ4n) is 4.10. The summed E-state index contributed by atoms with van der Waals surface area (Å²) in [6.45, 7) is 4.13. The van der Waals surface area contributed by atoms with E-state index in [2.05, 4.69) is 28.6 Å². The van der Waals surface area contributed by atoms with Crippen LogP contribution in [0.25, 0.3) is 0 Å². The van der Waals surface area contributed by atoms with E-state index in [1.807, 2.05) is 11.3 Å². The van der Waals surface area contributed by atoms with Gasteiger partial charge in [-0.1, -0.05) is 0 Å². The van der Waals surface area contributed by atoms with Crippen molar-refractivity contribution in [3.05, 3.63) is 21.9 Å². The predicted molar refractivity (Wildman–Crippen MR) is 85.4 cm³/mol. The van der Waals surface area contributed by atoms with Gasteiger partial charge in [0.05, 0.1) is 6.04 Å². The molecule has 3 atom stereocenters. The van der Waals surface area contributed by atoms with E-state index in [9.17, 15) is 4.79 Å². The number of amides is 1. The fraction of sp³-hybridized carbons (Fsp3) is 0.706. The molecule has 1 amide bonds. The zero-order valence-electron chi connectivity index (χ0n) is 12.7. The average Bonchev–Trinajstić information content (AvgIpc) is 3.22. The van der Waals surface area contributed by atoms with Crippen molar-refractivity contribution in [2.45, 2.75) is 51.1 Å². The molecule has 3 aliphatic rings. The minimum Gasteiger partial charge on any atom is -0.335 e. The van der Waals surface area contributed by atoms with E-state index in [0.29, 0.717) is 18.0 Å². The van der Waals surface area contributed by atoms with Crippen LogP contribution in [0.1, 0.15) is 49.1 Å². The zero-order chi connectivity index (χ0) is 14.4. The lowest BCUT2D eigenvalue weighted by atomic mass is 9.89. The molecular formula is C17H24N2OS. The Labute approximate surface area is 130 Å². The molecule has 1 saturated heterocycles. The first-order chi connectivity index (χ1) is 10.2. The second-order valence-electron chi connectivity index (χ2n) is 6.94. The average molecular weight is 304 g/mol. The molecule has 2 aliphatic heterocycles. The van der Waals surface area contributed by atoms with Gasteiger partial charge in [0.25, 0.3) is 0 Å². The fourth-order valence-corrected chi connectivity index (χ4v) is 5.02. The van der Waals surface area contributed by atoms with Crippen molar-refractivity contribution in [3.63, 3.8) is 0 Å². The Morgan fingerprint density at radius 1 is 1.38 bits per heavy atom. The van der Waals surface area contributed by atoms with E-state index in [4.69, 9.17) is 0 Å². The van der Waals surface area contributed by atoms with Gasteiger partial charge < -0.3 is 10.2 Å². The SMILES string of the molecule is CC1CC(C(=O)N2CCc3sccc3C2C2CC2)CCN1. The third-order valence-electron chi connectivity index (χ3n) is 5.34. The second-order valence-corrected chi connectivity index (χ2v) is 7.94. The van der Waals surface area contributed by atoms with Crippen molar-refractivity contribution in [2.24, 2.45) is 11.8 Å². The molecule has 0 bridgehead atoms. The monoisotopic (exact) mass is 304 g/mol. The number of carbonyl (C=O) groups is 1. The Kier molecular flexibility index (Phi) is 3.54. The number of thiophene rings is 1. The summed E-state index contributed by atoms with van der Waals surface area (Å²) in [7, 11) is 0. The molecule has 21 heavy (non-hydrogen) atoms. The molecular weight excluding hydrogens is 280 g/mol. The summed E-state index contributed by atoms with van der Waals surface area (Å²) in [4.78, 5) is 16.8. The minimum atomic E-state index is 0.239. The lowest BCUT2D eigenvalue weighted by Gasteiger charge is -2.40. The molecule has 3 unspecified atom stereocenters. The Morgan fingerprint density at radius 3 is 3.00 bits per heavy atom. The van der Waals surface area contributed by atoms with Crippen LogP contribution in [0, 0.1) is 11.8 Å². The second kappa shape index (κ2) is 5.40. The Hall–Kier alpha value is -0.870. The molecule has 0 spiro atoms. The molecule has 1 aromatic rings. The molecule has 1 aliphatic carbocycles. The van der Waals surface area contributed by atoms with E-state index >= 15 is 0 Å². The van der Waals surface area contributed by atoms with Crippen LogP contribution in [0.4, 0.5) is 0 Å². The van der Waals surface area contributed by atoms with Crippen LogP contribution in [0.5, 0.6) is 0 Å². The number of hydrogen-bond donors (Lipinski definition) is 1. The lowest BCUT2D eigenvalue weighted by molar-refractivity contribution is -0.140. The standard InChI is InChI=1S/C17H24N2OS/c1-11-10-13(4-7-18-11)17(20)19-8-5-15-14(6-9-21-15)16(19)12-2-3-12/h6,9,11-13,16,18H,2-5,7-8,10H2,1H3. The van der Waals surface area contributed by atoms with Gasteiger partial charge in [0.15, 0.2) is 0 Å². The summed E-state index contributed by atoms with van der Waals surface area (Å²) < 4.78 is 0. The first-order valence-corrected chi connectivity index (χ1v) is 9.22. The van der Waals surface area contributed by atoms with Crippen LogP contribution in [0.2, 0.25) is 0 Å². The molecule has 1 saturated carbocycles. The van der Waals surface area contributed by atoms with Crippen LogP contribution >= 0.6 is 11.3 Å². The summed E-state index contributed by atoms with van der Waals surface area (Å²) in [5.74, 6) is 1.39. The highest BCUT2D eigenvalue weighted by atomic mass is 32.1. The maximum Gasteiger partial charge on any atom is 0.226 e. The minimum absolute atomic E-state index is 0.239. The maximum atomic E-state index is 13.1. The van der Waals surface area contributed by atoms with E-state index in [0.717, 1.165) is 38.3 Å². The smallest absolute Gasteiger partial charge is 0.226 e. The summed E-state index contributed by atoms with van der Waals surface area (Å²) in [5.41, 5.74) is 1.46. The molecule has 114 valence electrons. The number of nitrogens with one attached hydrogen (secondary N) is 1. The van der Waals surface area contributed by atoms with Gasteiger partial charge in [0.1, 0.15) is 0 Å². The van der Waals surface area contributed by atoms with Crippen molar-refractivity contribution in [2.75, 3.05) is 13.1 Å². The first kappa shape index (κ1) is 13.8. The number of fused-ring (bicyclic) bond motifs is 1. The van der Waals surface area contributed by atoms with Crippen LogP contribution in [0.3, 0.4) is 0 Å². The van der Waals surface area contributed by atoms with Crippen LogP contribution in [-0.2, 0) is 11.2 Å². The Morgan fingerprint density at radius 2 is 2.24 bits per heavy atom. The van der Waals surface area contributed by atoms with Gasteiger partial charge in [-0.2, -0.15) is 0 Å². The van der Waals surface area contributed by atoms with Gasteiger partial charge in [0.2, 0.25) is 5.91 Å². The molecule has 3 heterocycles. The van der Waals surface area contributed by atoms with Crippen molar-refractivity contribution < 1.29 is 4.79 Å². The number of hydrogen-bond acceptors (Lipinski definition) is 3. The maximum absolute atomic E-state index is 13.1. The third kappa shape index (κ3) is 2.53. The quantitative estimate of drug-likeness (QED) is 0.911. The number of piperidine rings is 1. The van der Waals surface area contributed by atoms with Gasteiger partial charge in [-0.05, 0) is 68.5 Å². The lowest BCUT2D eigenvalue weighted by Crippen LogP contribution is -2.47. The van der Waals surface area contributed by atoms with Crippen molar-refractivity contribution >= 4 is 17.2 Å². The summed E-state index contributed by atoms with van der Waals surface area (Å²) >= 11 is 1.88. The van der Waals surface area contributed by atoms with Crippen molar-refractivity contribution in [3.8, 4) is 0 Å².